The van der Waals surface area contributed by atoms with Gasteiger partial charge < -0.3 is 14.8 Å². The highest BCUT2D eigenvalue weighted by Gasteiger charge is 2.28. The van der Waals surface area contributed by atoms with Crippen molar-refractivity contribution in [3.05, 3.63) is 58.1 Å². The summed E-state index contributed by atoms with van der Waals surface area (Å²) in [6.45, 7) is 5.15. The number of methoxy groups -OCH3 is 1. The third-order valence-corrected chi connectivity index (χ3v) is 7.55. The number of hydrogen-bond acceptors (Lipinski definition) is 5. The average molecular weight is 467 g/mol. The molecule has 1 saturated heterocycles. The first-order valence-electron chi connectivity index (χ1n) is 10.1. The summed E-state index contributed by atoms with van der Waals surface area (Å²) < 4.78 is 37.8. The molecule has 0 saturated carbocycles. The topological polar surface area (TPSA) is 84.9 Å². The molecule has 1 amide bonds. The maximum Gasteiger partial charge on any atom is 0.253 e. The van der Waals surface area contributed by atoms with Crippen LogP contribution < -0.4 is 10.1 Å². The summed E-state index contributed by atoms with van der Waals surface area (Å²) in [4.78, 5) is 13.1. The normalized spacial score (nSPS) is 16.0. The highest BCUT2D eigenvalue weighted by atomic mass is 35.5. The molecular weight excluding hydrogens is 440 g/mol. The molecule has 1 heterocycles. The molecule has 0 unspecified atom stereocenters. The van der Waals surface area contributed by atoms with Crippen molar-refractivity contribution < 1.29 is 22.7 Å². The van der Waals surface area contributed by atoms with Crippen molar-refractivity contribution in [2.75, 3.05) is 33.4 Å². The summed E-state index contributed by atoms with van der Waals surface area (Å²) in [5.74, 6) is 0.346. The predicted molar refractivity (Wildman–Crippen MR) is 119 cm³/mol. The molecule has 0 spiro atoms. The molecule has 1 aliphatic heterocycles. The SMILES string of the molecule is CC[C@H](NC(=O)c1cc(S(=O)(=O)N2CCOCC2)ccc1Cl)c1ccc(OC)c(C)c1. The van der Waals surface area contributed by atoms with E-state index in [0.717, 1.165) is 16.9 Å². The van der Waals surface area contributed by atoms with Crippen molar-refractivity contribution in [1.29, 1.82) is 0 Å². The molecule has 31 heavy (non-hydrogen) atoms. The van der Waals surface area contributed by atoms with E-state index in [1.54, 1.807) is 7.11 Å². The molecule has 0 aliphatic carbocycles. The van der Waals surface area contributed by atoms with Crippen molar-refractivity contribution in [2.45, 2.75) is 31.2 Å². The lowest BCUT2D eigenvalue weighted by atomic mass is 10.0. The van der Waals surface area contributed by atoms with Crippen LogP contribution in [0.2, 0.25) is 5.02 Å². The van der Waals surface area contributed by atoms with E-state index in [1.165, 1.54) is 22.5 Å². The largest absolute Gasteiger partial charge is 0.496 e. The molecule has 1 atom stereocenters. The molecule has 1 N–H and O–H groups in total. The zero-order valence-corrected chi connectivity index (χ0v) is 19.4. The summed E-state index contributed by atoms with van der Waals surface area (Å²) >= 11 is 6.26. The lowest BCUT2D eigenvalue weighted by molar-refractivity contribution is 0.0730. The molecule has 3 rings (SSSR count). The van der Waals surface area contributed by atoms with Gasteiger partial charge in [0.25, 0.3) is 5.91 Å². The van der Waals surface area contributed by atoms with Crippen LogP contribution in [0.3, 0.4) is 0 Å². The van der Waals surface area contributed by atoms with E-state index >= 15 is 0 Å². The number of carbonyl (C=O) groups excluding carboxylic acids is 1. The number of aryl methyl sites for hydroxylation is 1. The van der Waals surface area contributed by atoms with Crippen LogP contribution in [0.25, 0.3) is 0 Å². The van der Waals surface area contributed by atoms with Gasteiger partial charge in [-0.3, -0.25) is 4.79 Å². The Morgan fingerprint density at radius 1 is 1.23 bits per heavy atom. The molecule has 9 heteroatoms. The minimum atomic E-state index is -3.73. The number of nitrogens with one attached hydrogen (secondary N) is 1. The van der Waals surface area contributed by atoms with Crippen molar-refractivity contribution in [1.82, 2.24) is 9.62 Å². The van der Waals surface area contributed by atoms with E-state index in [4.69, 9.17) is 21.1 Å². The second-order valence-electron chi connectivity index (χ2n) is 7.32. The van der Waals surface area contributed by atoms with Crippen LogP contribution in [0.4, 0.5) is 0 Å². The number of hydrogen-bond donors (Lipinski definition) is 1. The lowest BCUT2D eigenvalue weighted by Gasteiger charge is -2.26. The Labute approximate surface area is 188 Å². The third-order valence-electron chi connectivity index (χ3n) is 5.33. The van der Waals surface area contributed by atoms with Crippen LogP contribution in [-0.2, 0) is 14.8 Å². The lowest BCUT2D eigenvalue weighted by Crippen LogP contribution is -2.40. The fourth-order valence-corrected chi connectivity index (χ4v) is 5.19. The first kappa shape index (κ1) is 23.5. The van der Waals surface area contributed by atoms with Gasteiger partial charge in [-0.25, -0.2) is 8.42 Å². The summed E-state index contributed by atoms with van der Waals surface area (Å²) in [5.41, 5.74) is 2.02. The third kappa shape index (κ3) is 5.20. The van der Waals surface area contributed by atoms with Crippen LogP contribution in [0, 0.1) is 6.92 Å². The average Bonchev–Trinajstić information content (AvgIpc) is 2.78. The van der Waals surface area contributed by atoms with Crippen molar-refractivity contribution in [2.24, 2.45) is 0 Å². The number of nitrogens with zero attached hydrogens (tertiary/aromatic N) is 1. The molecule has 1 aliphatic rings. The van der Waals surface area contributed by atoms with E-state index in [1.807, 2.05) is 32.0 Å². The van der Waals surface area contributed by atoms with Gasteiger partial charge in [0.15, 0.2) is 0 Å². The summed E-state index contributed by atoms with van der Waals surface area (Å²) in [7, 11) is -2.12. The van der Waals surface area contributed by atoms with Gasteiger partial charge in [0.1, 0.15) is 5.75 Å². The second kappa shape index (κ2) is 9.99. The van der Waals surface area contributed by atoms with Crippen molar-refractivity contribution in [3.63, 3.8) is 0 Å². The van der Waals surface area contributed by atoms with E-state index in [-0.39, 0.29) is 34.6 Å². The summed E-state index contributed by atoms with van der Waals surface area (Å²) in [6, 6.07) is 9.69. The van der Waals surface area contributed by atoms with Crippen molar-refractivity contribution >= 4 is 27.5 Å². The number of morpholine rings is 1. The maximum absolute atomic E-state index is 13.0. The number of ether oxygens (including phenoxy) is 2. The zero-order chi connectivity index (χ0) is 22.6. The first-order valence-corrected chi connectivity index (χ1v) is 11.9. The number of carbonyl (C=O) groups is 1. The number of amides is 1. The second-order valence-corrected chi connectivity index (χ2v) is 9.67. The molecular formula is C22H27ClN2O5S. The van der Waals surface area contributed by atoms with E-state index in [2.05, 4.69) is 5.32 Å². The molecule has 2 aromatic carbocycles. The van der Waals surface area contributed by atoms with Gasteiger partial charge in [0.05, 0.1) is 41.8 Å². The molecule has 1 fully saturated rings. The number of rotatable bonds is 7. The fraction of sp³-hybridized carbons (Fsp3) is 0.409. The quantitative estimate of drug-likeness (QED) is 0.674. The van der Waals surface area contributed by atoms with Gasteiger partial charge in [-0.05, 0) is 48.7 Å². The maximum atomic E-state index is 13.0. The first-order chi connectivity index (χ1) is 14.8. The summed E-state index contributed by atoms with van der Waals surface area (Å²) in [6.07, 6.45) is 0.654. The standard InChI is InChI=1S/C22H27ClN2O5S/c1-4-20(16-5-8-21(29-3)15(2)13-16)24-22(26)18-14-17(6-7-19(18)23)31(27,28)25-9-11-30-12-10-25/h5-8,13-14,20H,4,9-12H2,1-3H3,(H,24,26)/t20-/m0/s1. The molecule has 0 radical (unpaired) electrons. The van der Waals surface area contributed by atoms with E-state index < -0.39 is 15.9 Å². The molecule has 168 valence electrons. The van der Waals surface area contributed by atoms with Crippen molar-refractivity contribution in [3.8, 4) is 5.75 Å². The predicted octanol–water partition coefficient (Wildman–Crippen LogP) is 3.56. The minimum absolute atomic E-state index is 0.0392. The number of halogens is 1. The molecule has 0 bridgehead atoms. The Morgan fingerprint density at radius 2 is 1.94 bits per heavy atom. The van der Waals surface area contributed by atoms with Crippen LogP contribution in [0.15, 0.2) is 41.3 Å². The fourth-order valence-electron chi connectivity index (χ4n) is 3.55. The Morgan fingerprint density at radius 3 is 2.55 bits per heavy atom. The van der Waals surface area contributed by atoms with Crippen LogP contribution >= 0.6 is 11.6 Å². The Bertz CT molecular complexity index is 1050. The Kier molecular flexibility index (Phi) is 7.59. The summed E-state index contributed by atoms with van der Waals surface area (Å²) in [5, 5.41) is 3.16. The van der Waals surface area contributed by atoms with Gasteiger partial charge in [-0.15, -0.1) is 0 Å². The minimum Gasteiger partial charge on any atom is -0.496 e. The van der Waals surface area contributed by atoms with Crippen LogP contribution in [0.1, 0.15) is 40.9 Å². The Hall–Kier alpha value is -2.13. The van der Waals surface area contributed by atoms with Gasteiger partial charge in [0.2, 0.25) is 10.0 Å². The van der Waals surface area contributed by atoms with Gasteiger partial charge in [0, 0.05) is 13.1 Å². The van der Waals surface area contributed by atoms with Crippen LogP contribution in [0.5, 0.6) is 5.75 Å². The zero-order valence-electron chi connectivity index (χ0n) is 17.9. The molecule has 7 nitrogen and oxygen atoms in total. The van der Waals surface area contributed by atoms with Gasteiger partial charge in [-0.1, -0.05) is 30.7 Å². The van der Waals surface area contributed by atoms with E-state index in [0.29, 0.717) is 19.6 Å². The van der Waals surface area contributed by atoms with E-state index in [9.17, 15) is 13.2 Å². The highest BCUT2D eigenvalue weighted by Crippen LogP contribution is 2.27. The smallest absolute Gasteiger partial charge is 0.253 e. The Balaban J connectivity index is 1.85. The number of sulfonamides is 1. The van der Waals surface area contributed by atoms with Crippen LogP contribution in [-0.4, -0.2) is 52.0 Å². The highest BCUT2D eigenvalue weighted by molar-refractivity contribution is 7.89. The van der Waals surface area contributed by atoms with Gasteiger partial charge in [-0.2, -0.15) is 4.31 Å². The molecule has 2 aromatic rings. The number of benzene rings is 2. The molecule has 0 aromatic heterocycles. The van der Waals surface area contributed by atoms with Gasteiger partial charge >= 0.3 is 0 Å². The monoisotopic (exact) mass is 466 g/mol.